The maximum atomic E-state index is 12.9. The van der Waals surface area contributed by atoms with E-state index in [4.69, 9.17) is 9.47 Å². The van der Waals surface area contributed by atoms with Gasteiger partial charge in [0.05, 0.1) is 13.7 Å². The number of ether oxygens (including phenoxy) is 2. The molecule has 1 rings (SSSR count). The number of nitrogens with one attached hydrogen (secondary N) is 3. The van der Waals surface area contributed by atoms with Gasteiger partial charge in [-0.05, 0) is 44.2 Å². The van der Waals surface area contributed by atoms with Gasteiger partial charge >= 0.3 is 11.9 Å². The van der Waals surface area contributed by atoms with E-state index in [0.717, 1.165) is 4.57 Å². The van der Waals surface area contributed by atoms with E-state index in [1.807, 2.05) is 13.8 Å². The summed E-state index contributed by atoms with van der Waals surface area (Å²) in [5.74, 6) is -2.65. The van der Waals surface area contributed by atoms with Crippen LogP contribution in [0.25, 0.3) is 0 Å². The zero-order valence-corrected chi connectivity index (χ0v) is 21.9. The van der Waals surface area contributed by atoms with E-state index in [2.05, 4.69) is 16.0 Å². The zero-order chi connectivity index (χ0) is 28.0. The second kappa shape index (κ2) is 15.9. The summed E-state index contributed by atoms with van der Waals surface area (Å²) in [4.78, 5) is 73.1. The highest BCUT2D eigenvalue weighted by molar-refractivity contribution is 5.96. The van der Waals surface area contributed by atoms with Gasteiger partial charge in [-0.3, -0.25) is 19.2 Å². The van der Waals surface area contributed by atoms with Crippen molar-refractivity contribution in [1.29, 1.82) is 0 Å². The summed E-state index contributed by atoms with van der Waals surface area (Å²) in [6.07, 6.45) is 4.94. The summed E-state index contributed by atoms with van der Waals surface area (Å²) in [5.41, 5.74) is -0.738. The number of rotatable bonds is 14. The van der Waals surface area contributed by atoms with E-state index in [9.17, 15) is 28.8 Å². The number of carbonyl (C=O) groups excluding carboxylic acids is 5. The number of aromatic nitrogens is 1. The minimum Gasteiger partial charge on any atom is -0.467 e. The maximum absolute atomic E-state index is 12.9. The first-order valence-corrected chi connectivity index (χ1v) is 12.0. The molecular formula is C25H36N4O8. The quantitative estimate of drug-likeness (QED) is 0.241. The minimum atomic E-state index is -0.974. The van der Waals surface area contributed by atoms with Crippen molar-refractivity contribution in [3.8, 4) is 0 Å². The molecule has 0 radical (unpaired) electrons. The van der Waals surface area contributed by atoms with Crippen LogP contribution in [0.1, 0.15) is 47.0 Å². The predicted molar refractivity (Wildman–Crippen MR) is 135 cm³/mol. The van der Waals surface area contributed by atoms with Crippen LogP contribution in [0.4, 0.5) is 5.69 Å². The molecule has 0 aliphatic carbocycles. The maximum Gasteiger partial charge on any atom is 0.330 e. The Morgan fingerprint density at radius 3 is 2.41 bits per heavy atom. The molecule has 1 heterocycles. The number of anilines is 1. The SMILES string of the molecule is CCOC(=O)/C=C/CC[C@H](NC(C)=O)C(=O)Nc1cccn(CC(=O)N[C@@H](CC(C)C)C(=O)OC)c1=O. The lowest BCUT2D eigenvalue weighted by Gasteiger charge is -2.19. The molecule has 12 heteroatoms. The molecule has 0 aliphatic rings. The van der Waals surface area contributed by atoms with Crippen LogP contribution in [0, 0.1) is 5.92 Å². The number of nitrogens with zero attached hydrogens (tertiary/aromatic N) is 1. The summed E-state index contributed by atoms with van der Waals surface area (Å²) in [5, 5.41) is 7.57. The molecule has 0 spiro atoms. The van der Waals surface area contributed by atoms with E-state index in [1.165, 1.54) is 44.5 Å². The van der Waals surface area contributed by atoms with Gasteiger partial charge in [0.15, 0.2) is 0 Å². The summed E-state index contributed by atoms with van der Waals surface area (Å²) in [6, 6.07) is 1.02. The van der Waals surface area contributed by atoms with E-state index in [1.54, 1.807) is 6.92 Å². The fourth-order valence-corrected chi connectivity index (χ4v) is 3.35. The molecule has 0 saturated carbocycles. The summed E-state index contributed by atoms with van der Waals surface area (Å²) < 4.78 is 10.6. The Labute approximate surface area is 215 Å². The monoisotopic (exact) mass is 520 g/mol. The van der Waals surface area contributed by atoms with Gasteiger partial charge in [0.2, 0.25) is 17.7 Å². The van der Waals surface area contributed by atoms with Crippen molar-refractivity contribution < 1.29 is 33.4 Å². The van der Waals surface area contributed by atoms with Gasteiger partial charge in [-0.2, -0.15) is 0 Å². The van der Waals surface area contributed by atoms with Gasteiger partial charge in [0, 0.05) is 19.2 Å². The molecule has 3 amide bonds. The average molecular weight is 521 g/mol. The number of esters is 2. The van der Waals surface area contributed by atoms with Crippen LogP contribution in [0.3, 0.4) is 0 Å². The Kier molecular flexibility index (Phi) is 13.4. The topological polar surface area (TPSA) is 162 Å². The van der Waals surface area contributed by atoms with Crippen LogP contribution in [-0.4, -0.2) is 60.0 Å². The number of amides is 3. The van der Waals surface area contributed by atoms with Gasteiger partial charge < -0.3 is 30.0 Å². The molecule has 2 atom stereocenters. The first-order valence-electron chi connectivity index (χ1n) is 12.0. The number of hydrogen-bond donors (Lipinski definition) is 3. The van der Waals surface area contributed by atoms with E-state index >= 15 is 0 Å². The summed E-state index contributed by atoms with van der Waals surface area (Å²) in [6.45, 7) is 6.57. The molecule has 12 nitrogen and oxygen atoms in total. The Morgan fingerprint density at radius 1 is 1.11 bits per heavy atom. The summed E-state index contributed by atoms with van der Waals surface area (Å²) >= 11 is 0. The summed E-state index contributed by atoms with van der Waals surface area (Å²) in [7, 11) is 1.23. The Bertz CT molecular complexity index is 1050. The van der Waals surface area contributed by atoms with Crippen LogP contribution >= 0.6 is 0 Å². The number of methoxy groups -OCH3 is 1. The molecule has 1 aromatic heterocycles. The largest absolute Gasteiger partial charge is 0.467 e. The average Bonchev–Trinajstić information content (AvgIpc) is 2.82. The molecule has 0 aromatic carbocycles. The Hall–Kier alpha value is -3.96. The van der Waals surface area contributed by atoms with Crippen molar-refractivity contribution in [2.24, 2.45) is 5.92 Å². The third-order valence-corrected chi connectivity index (χ3v) is 4.98. The van der Waals surface area contributed by atoms with E-state index in [0.29, 0.717) is 6.42 Å². The number of pyridine rings is 1. The molecule has 0 bridgehead atoms. The predicted octanol–water partition coefficient (Wildman–Crippen LogP) is 0.895. The van der Waals surface area contributed by atoms with Crippen molar-refractivity contribution >= 4 is 35.3 Å². The fourth-order valence-electron chi connectivity index (χ4n) is 3.35. The zero-order valence-electron chi connectivity index (χ0n) is 21.9. The normalized spacial score (nSPS) is 12.5. The molecule has 0 aliphatic heterocycles. The molecule has 1 aromatic rings. The highest BCUT2D eigenvalue weighted by Crippen LogP contribution is 2.07. The van der Waals surface area contributed by atoms with Gasteiger partial charge in [0.25, 0.3) is 5.56 Å². The molecular weight excluding hydrogens is 484 g/mol. The molecule has 0 unspecified atom stereocenters. The molecule has 204 valence electrons. The number of hydrogen-bond acceptors (Lipinski definition) is 8. The van der Waals surface area contributed by atoms with Crippen LogP contribution in [0.5, 0.6) is 0 Å². The van der Waals surface area contributed by atoms with E-state index in [-0.39, 0.29) is 37.6 Å². The van der Waals surface area contributed by atoms with Crippen molar-refractivity contribution in [3.05, 3.63) is 40.8 Å². The third-order valence-electron chi connectivity index (χ3n) is 4.98. The minimum absolute atomic E-state index is 0.0931. The fraction of sp³-hybridized carbons (Fsp3) is 0.520. The first-order chi connectivity index (χ1) is 17.5. The second-order valence-electron chi connectivity index (χ2n) is 8.60. The van der Waals surface area contributed by atoms with E-state index < -0.39 is 47.3 Å². The lowest BCUT2D eigenvalue weighted by atomic mass is 10.0. The van der Waals surface area contributed by atoms with Gasteiger partial charge in [-0.15, -0.1) is 0 Å². The van der Waals surface area contributed by atoms with Crippen LogP contribution in [-0.2, 0) is 40.0 Å². The second-order valence-corrected chi connectivity index (χ2v) is 8.60. The smallest absolute Gasteiger partial charge is 0.330 e. The highest BCUT2D eigenvalue weighted by Gasteiger charge is 2.23. The van der Waals surface area contributed by atoms with Crippen LogP contribution in [0.15, 0.2) is 35.3 Å². The standard InChI is InChI=1S/C25H36N4O8/c1-6-37-22(32)12-8-7-10-18(26-17(4)30)23(33)28-19-11-9-13-29(24(19)34)15-21(31)27-20(14-16(2)3)25(35)36-5/h8-9,11-13,16,18,20H,6-7,10,14-15H2,1-5H3,(H,26,30)(H,27,31)(H,28,33)/b12-8+/t18-,20-/m0/s1. The van der Waals surface area contributed by atoms with Crippen LogP contribution < -0.4 is 21.5 Å². The van der Waals surface area contributed by atoms with Gasteiger partial charge in [-0.25, -0.2) is 9.59 Å². The molecule has 0 fully saturated rings. The lowest BCUT2D eigenvalue weighted by Crippen LogP contribution is -2.45. The first kappa shape index (κ1) is 31.1. The molecule has 3 N–H and O–H groups in total. The highest BCUT2D eigenvalue weighted by atomic mass is 16.5. The van der Waals surface area contributed by atoms with Gasteiger partial charge in [0.1, 0.15) is 24.3 Å². The number of carbonyl (C=O) groups is 5. The third kappa shape index (κ3) is 11.5. The number of allylic oxidation sites excluding steroid dienone is 1. The van der Waals surface area contributed by atoms with Gasteiger partial charge in [-0.1, -0.05) is 19.9 Å². The van der Waals surface area contributed by atoms with Crippen molar-refractivity contribution in [2.45, 2.75) is 65.6 Å². The van der Waals surface area contributed by atoms with Crippen LogP contribution in [0.2, 0.25) is 0 Å². The molecule has 0 saturated heterocycles. The van der Waals surface area contributed by atoms with Crippen molar-refractivity contribution in [2.75, 3.05) is 19.0 Å². The molecule has 37 heavy (non-hydrogen) atoms. The van der Waals surface area contributed by atoms with Crippen molar-refractivity contribution in [1.82, 2.24) is 15.2 Å². The lowest BCUT2D eigenvalue weighted by molar-refractivity contribution is -0.145. The van der Waals surface area contributed by atoms with Crippen molar-refractivity contribution in [3.63, 3.8) is 0 Å². The Balaban J connectivity index is 2.91. The Morgan fingerprint density at radius 2 is 1.81 bits per heavy atom.